The molecular weight excluding hydrogens is 204 g/mol. The van der Waals surface area contributed by atoms with E-state index in [1.54, 1.807) is 22.7 Å². The maximum Gasteiger partial charge on any atom is 0.340 e. The second-order valence-corrected chi connectivity index (χ2v) is 3.51. The first-order valence-corrected chi connectivity index (χ1v) is 4.86. The fourth-order valence-corrected chi connectivity index (χ4v) is 1.98. The van der Waals surface area contributed by atoms with Crippen LogP contribution < -0.4 is 0 Å². The molecule has 4 nitrogen and oxygen atoms in total. The molecule has 0 aliphatic heterocycles. The standard InChI is InChI=1S/C12H8N2O2/c15-12(16)10-8-4-1-2-5-9(8)14-7-3-6-13-11(10)14/h1-7H,(H,15,16). The van der Waals surface area contributed by atoms with Gasteiger partial charge in [0.1, 0.15) is 5.56 Å². The fourth-order valence-electron chi connectivity index (χ4n) is 1.98. The van der Waals surface area contributed by atoms with E-state index in [4.69, 9.17) is 0 Å². The summed E-state index contributed by atoms with van der Waals surface area (Å²) in [5, 5.41) is 9.93. The lowest BCUT2D eigenvalue weighted by molar-refractivity contribution is 0.0701. The van der Waals surface area contributed by atoms with E-state index in [1.807, 2.05) is 24.4 Å². The van der Waals surface area contributed by atoms with Crippen LogP contribution in [0.25, 0.3) is 16.6 Å². The zero-order chi connectivity index (χ0) is 11.1. The van der Waals surface area contributed by atoms with Crippen LogP contribution >= 0.6 is 0 Å². The number of hydrogen-bond donors (Lipinski definition) is 1. The number of aromatic nitrogens is 2. The minimum Gasteiger partial charge on any atom is -0.478 e. The Morgan fingerprint density at radius 1 is 1.25 bits per heavy atom. The molecule has 0 spiro atoms. The Balaban J connectivity index is 2.64. The Morgan fingerprint density at radius 3 is 2.88 bits per heavy atom. The van der Waals surface area contributed by atoms with Gasteiger partial charge in [-0.25, -0.2) is 9.78 Å². The van der Waals surface area contributed by atoms with Crippen molar-refractivity contribution in [1.82, 2.24) is 9.38 Å². The average Bonchev–Trinajstić information content (AvgIpc) is 2.63. The molecule has 0 fully saturated rings. The highest BCUT2D eigenvalue weighted by Gasteiger charge is 2.17. The lowest BCUT2D eigenvalue weighted by atomic mass is 10.2. The summed E-state index contributed by atoms with van der Waals surface area (Å²) in [5.74, 6) is -0.947. The summed E-state index contributed by atoms with van der Waals surface area (Å²) < 4.78 is 1.79. The van der Waals surface area contributed by atoms with Gasteiger partial charge in [0.25, 0.3) is 0 Å². The highest BCUT2D eigenvalue weighted by atomic mass is 16.4. The fraction of sp³-hybridized carbons (Fsp3) is 0. The number of carboxylic acid groups (broad SMARTS) is 1. The smallest absolute Gasteiger partial charge is 0.340 e. The predicted octanol–water partition coefficient (Wildman–Crippen LogP) is 2.19. The maximum atomic E-state index is 11.2. The molecule has 16 heavy (non-hydrogen) atoms. The molecule has 2 aromatic heterocycles. The van der Waals surface area contributed by atoms with Gasteiger partial charge < -0.3 is 9.51 Å². The number of hydrogen-bond acceptors (Lipinski definition) is 2. The number of nitrogens with zero attached hydrogens (tertiary/aromatic N) is 2. The molecular formula is C12H8N2O2. The van der Waals surface area contributed by atoms with Crippen molar-refractivity contribution >= 4 is 22.5 Å². The van der Waals surface area contributed by atoms with Gasteiger partial charge in [-0.1, -0.05) is 18.2 Å². The first kappa shape index (κ1) is 8.91. The van der Waals surface area contributed by atoms with Gasteiger partial charge in [0.05, 0.1) is 5.52 Å². The molecule has 1 N–H and O–H groups in total. The van der Waals surface area contributed by atoms with Gasteiger partial charge in [-0.05, 0) is 12.1 Å². The number of carbonyl (C=O) groups is 1. The van der Waals surface area contributed by atoms with Gasteiger partial charge in [0, 0.05) is 17.8 Å². The van der Waals surface area contributed by atoms with E-state index in [0.29, 0.717) is 11.0 Å². The zero-order valence-corrected chi connectivity index (χ0v) is 8.29. The van der Waals surface area contributed by atoms with Crippen molar-refractivity contribution in [2.45, 2.75) is 0 Å². The summed E-state index contributed by atoms with van der Waals surface area (Å²) in [6.45, 7) is 0. The Bertz CT molecular complexity index is 647. The van der Waals surface area contributed by atoms with E-state index in [0.717, 1.165) is 5.52 Å². The third-order valence-corrected chi connectivity index (χ3v) is 2.62. The Labute approximate surface area is 90.8 Å². The number of aromatic carboxylic acids is 1. The maximum absolute atomic E-state index is 11.2. The topological polar surface area (TPSA) is 54.6 Å². The van der Waals surface area contributed by atoms with Crippen LogP contribution in [0.5, 0.6) is 0 Å². The van der Waals surface area contributed by atoms with Gasteiger partial charge in [0.2, 0.25) is 0 Å². The molecule has 3 aromatic rings. The largest absolute Gasteiger partial charge is 0.478 e. The highest BCUT2D eigenvalue weighted by Crippen LogP contribution is 2.24. The van der Waals surface area contributed by atoms with Crippen LogP contribution in [0, 0.1) is 0 Å². The van der Waals surface area contributed by atoms with Gasteiger partial charge in [-0.3, -0.25) is 0 Å². The van der Waals surface area contributed by atoms with Gasteiger partial charge in [-0.15, -0.1) is 0 Å². The number of rotatable bonds is 1. The monoisotopic (exact) mass is 212 g/mol. The van der Waals surface area contributed by atoms with Crippen LogP contribution in [0.2, 0.25) is 0 Å². The molecule has 1 aromatic carbocycles. The van der Waals surface area contributed by atoms with Crippen LogP contribution in [-0.4, -0.2) is 20.5 Å². The van der Waals surface area contributed by atoms with E-state index >= 15 is 0 Å². The average molecular weight is 212 g/mol. The van der Waals surface area contributed by atoms with Crippen LogP contribution in [0.1, 0.15) is 10.4 Å². The molecule has 0 radical (unpaired) electrons. The summed E-state index contributed by atoms with van der Waals surface area (Å²) >= 11 is 0. The minimum atomic E-state index is -0.947. The summed E-state index contributed by atoms with van der Waals surface area (Å²) in [4.78, 5) is 15.4. The number of carboxylic acids is 1. The molecule has 78 valence electrons. The third kappa shape index (κ3) is 1.04. The van der Waals surface area contributed by atoms with E-state index in [9.17, 15) is 9.90 Å². The number of para-hydroxylation sites is 1. The van der Waals surface area contributed by atoms with Crippen molar-refractivity contribution in [2.75, 3.05) is 0 Å². The van der Waals surface area contributed by atoms with Crippen LogP contribution in [0.15, 0.2) is 42.7 Å². The van der Waals surface area contributed by atoms with Crippen molar-refractivity contribution < 1.29 is 9.90 Å². The lowest BCUT2D eigenvalue weighted by Gasteiger charge is -1.93. The molecule has 0 atom stereocenters. The molecule has 2 heterocycles. The Morgan fingerprint density at radius 2 is 2.06 bits per heavy atom. The first-order valence-electron chi connectivity index (χ1n) is 4.86. The summed E-state index contributed by atoms with van der Waals surface area (Å²) in [7, 11) is 0. The molecule has 0 saturated heterocycles. The second-order valence-electron chi connectivity index (χ2n) is 3.51. The number of fused-ring (bicyclic) bond motifs is 3. The molecule has 0 aliphatic rings. The first-order chi connectivity index (χ1) is 7.79. The summed E-state index contributed by atoms with van der Waals surface area (Å²) in [6.07, 6.45) is 3.41. The lowest BCUT2D eigenvalue weighted by Crippen LogP contribution is -1.97. The molecule has 0 bridgehead atoms. The Hall–Kier alpha value is -2.36. The van der Waals surface area contributed by atoms with Crippen molar-refractivity contribution in [1.29, 1.82) is 0 Å². The molecule has 0 unspecified atom stereocenters. The van der Waals surface area contributed by atoms with E-state index < -0.39 is 5.97 Å². The van der Waals surface area contributed by atoms with Gasteiger partial charge >= 0.3 is 5.97 Å². The molecule has 0 saturated carbocycles. The van der Waals surface area contributed by atoms with Gasteiger partial charge in [0.15, 0.2) is 5.65 Å². The molecule has 4 heteroatoms. The van der Waals surface area contributed by atoms with Crippen LogP contribution in [0.3, 0.4) is 0 Å². The second kappa shape index (κ2) is 3.06. The molecule has 0 amide bonds. The predicted molar refractivity (Wildman–Crippen MR) is 59.7 cm³/mol. The van der Waals surface area contributed by atoms with E-state index in [1.165, 1.54) is 0 Å². The molecule has 0 aliphatic carbocycles. The van der Waals surface area contributed by atoms with Crippen molar-refractivity contribution in [3.8, 4) is 0 Å². The van der Waals surface area contributed by atoms with Crippen molar-refractivity contribution in [2.24, 2.45) is 0 Å². The Kier molecular flexibility index (Phi) is 1.71. The van der Waals surface area contributed by atoms with Crippen LogP contribution in [0.4, 0.5) is 0 Å². The van der Waals surface area contributed by atoms with Crippen molar-refractivity contribution in [3.63, 3.8) is 0 Å². The highest BCUT2D eigenvalue weighted by molar-refractivity contribution is 6.09. The number of benzene rings is 1. The van der Waals surface area contributed by atoms with Crippen molar-refractivity contribution in [3.05, 3.63) is 48.3 Å². The SMILES string of the molecule is O=C(O)c1c2ccccc2n2cccnc12. The summed E-state index contributed by atoms with van der Waals surface area (Å²) in [6, 6.07) is 9.18. The van der Waals surface area contributed by atoms with E-state index in [-0.39, 0.29) is 5.56 Å². The molecule has 3 rings (SSSR count). The third-order valence-electron chi connectivity index (χ3n) is 2.62. The summed E-state index contributed by atoms with van der Waals surface area (Å²) in [5.41, 5.74) is 1.61. The normalized spacial score (nSPS) is 11.0. The quantitative estimate of drug-likeness (QED) is 0.672. The van der Waals surface area contributed by atoms with Crippen LogP contribution in [-0.2, 0) is 0 Å². The van der Waals surface area contributed by atoms with Gasteiger partial charge in [-0.2, -0.15) is 0 Å². The minimum absolute atomic E-state index is 0.260. The zero-order valence-electron chi connectivity index (χ0n) is 8.29. The van der Waals surface area contributed by atoms with E-state index in [2.05, 4.69) is 4.98 Å².